The van der Waals surface area contributed by atoms with E-state index in [-0.39, 0.29) is 0 Å². The van der Waals surface area contributed by atoms with E-state index in [2.05, 4.69) is 92.9 Å². The van der Waals surface area contributed by atoms with Gasteiger partial charge in [-0.1, -0.05) is 85.5 Å². The van der Waals surface area contributed by atoms with Gasteiger partial charge in [-0.05, 0) is 73.8 Å². The molecule has 27 heavy (non-hydrogen) atoms. The van der Waals surface area contributed by atoms with Crippen LogP contribution in [0.15, 0.2) is 41.7 Å². The van der Waals surface area contributed by atoms with E-state index in [9.17, 15) is 0 Å². The molecule has 0 N–H and O–H groups in total. The van der Waals surface area contributed by atoms with Crippen molar-refractivity contribution in [3.63, 3.8) is 0 Å². The summed E-state index contributed by atoms with van der Waals surface area (Å²) in [6, 6.07) is 0. The third-order valence-corrected chi connectivity index (χ3v) is 6.12. The van der Waals surface area contributed by atoms with Gasteiger partial charge in [0.05, 0.1) is 0 Å². The molecule has 156 valence electrons. The maximum Gasteiger partial charge on any atom is -0.00277 e. The summed E-state index contributed by atoms with van der Waals surface area (Å²) in [4.78, 5) is 0. The van der Waals surface area contributed by atoms with Gasteiger partial charge < -0.3 is 0 Å². The Kier molecular flexibility index (Phi) is 13.5. The van der Waals surface area contributed by atoms with Crippen LogP contribution < -0.4 is 0 Å². The van der Waals surface area contributed by atoms with Crippen LogP contribution in [0, 0.1) is 35.5 Å². The normalized spacial score (nSPS) is 15.7. The lowest BCUT2D eigenvalue weighted by molar-refractivity contribution is 0.129. The van der Waals surface area contributed by atoms with Crippen molar-refractivity contribution in [3.8, 4) is 0 Å². The molecule has 0 spiro atoms. The van der Waals surface area contributed by atoms with Gasteiger partial charge >= 0.3 is 0 Å². The van der Waals surface area contributed by atoms with Gasteiger partial charge in [-0.25, -0.2) is 0 Å². The van der Waals surface area contributed by atoms with Gasteiger partial charge in [-0.3, -0.25) is 0 Å². The minimum Gasteiger partial charge on any atom is -0.121 e. The molecule has 0 nitrogen and oxygen atoms in total. The molecule has 0 amide bonds. The number of allylic oxidation sites excluding steroid dienone is 4. The van der Waals surface area contributed by atoms with Gasteiger partial charge in [0.1, 0.15) is 0 Å². The molecule has 0 bridgehead atoms. The molecule has 0 aliphatic rings. The molecule has 4 atom stereocenters. The lowest BCUT2D eigenvalue weighted by Gasteiger charge is -2.40. The molecule has 0 radical (unpaired) electrons. The van der Waals surface area contributed by atoms with Crippen LogP contribution in [-0.4, -0.2) is 0 Å². The molecule has 0 heteroatoms. The quantitative estimate of drug-likeness (QED) is 0.172. The van der Waals surface area contributed by atoms with Crippen LogP contribution in [0.3, 0.4) is 0 Å². The Labute approximate surface area is 171 Å². The molecule has 0 saturated heterocycles. The molecular weight excluding hydrogens is 324 g/mol. The van der Waals surface area contributed by atoms with Crippen molar-refractivity contribution in [2.75, 3.05) is 0 Å². The zero-order chi connectivity index (χ0) is 21.0. The fourth-order valence-electron chi connectivity index (χ4n) is 4.47. The first-order valence-corrected chi connectivity index (χ1v) is 11.4. The highest BCUT2D eigenvalue weighted by Crippen LogP contribution is 2.43. The van der Waals surface area contributed by atoms with E-state index in [1.54, 1.807) is 0 Å². The van der Waals surface area contributed by atoms with Gasteiger partial charge in [0, 0.05) is 0 Å². The molecule has 0 fully saturated rings. The highest BCUT2D eigenvalue weighted by Gasteiger charge is 2.35. The first-order chi connectivity index (χ1) is 12.7. The van der Waals surface area contributed by atoms with Gasteiger partial charge in [0.25, 0.3) is 0 Å². The van der Waals surface area contributed by atoms with E-state index in [1.165, 1.54) is 30.4 Å². The van der Waals surface area contributed by atoms with Crippen LogP contribution in [0.1, 0.15) is 94.4 Å². The predicted molar refractivity (Wildman–Crippen MR) is 125 cm³/mol. The summed E-state index contributed by atoms with van der Waals surface area (Å²) in [6.45, 7) is 25.0. The standard InChI is InChI=1S/C27H48/c1-11-16-23(10)27(24(13-3)14-4)26(22(9)12-2)25(19-21(7)8)18-15-17-20(5)6/h11,15,19-20,22-24,26-27H,1,12-14,16-17H2,2-10H3. The topological polar surface area (TPSA) is 0 Å². The van der Waals surface area contributed by atoms with Gasteiger partial charge in [-0.15, -0.1) is 12.3 Å². The predicted octanol–water partition coefficient (Wildman–Crippen LogP) is 9.01. The summed E-state index contributed by atoms with van der Waals surface area (Å²) in [6.07, 6.45) is 12.7. The third kappa shape index (κ3) is 9.16. The molecule has 0 heterocycles. The summed E-state index contributed by atoms with van der Waals surface area (Å²) in [5.41, 5.74) is 6.57. The Morgan fingerprint density at radius 2 is 1.48 bits per heavy atom. The lowest BCUT2D eigenvalue weighted by atomic mass is 9.64. The summed E-state index contributed by atoms with van der Waals surface area (Å²) in [5, 5.41) is 0. The highest BCUT2D eigenvalue weighted by atomic mass is 14.4. The van der Waals surface area contributed by atoms with Gasteiger partial charge in [-0.2, -0.15) is 0 Å². The fraction of sp³-hybridized carbons (Fsp3) is 0.741. The SMILES string of the molecule is C=CCC(C)C(C(CC)CC)C(C(=C=CCC(C)C)C=C(C)C)C(C)CC. The Morgan fingerprint density at radius 3 is 1.89 bits per heavy atom. The summed E-state index contributed by atoms with van der Waals surface area (Å²) in [5.74, 6) is 3.99. The molecular formula is C27H48. The molecule has 0 saturated carbocycles. The number of hydrogen-bond donors (Lipinski definition) is 0. The fourth-order valence-corrected chi connectivity index (χ4v) is 4.47. The Morgan fingerprint density at radius 1 is 0.889 bits per heavy atom. The molecule has 0 aromatic heterocycles. The minimum absolute atomic E-state index is 0.563. The van der Waals surface area contributed by atoms with Gasteiger partial charge in [0.15, 0.2) is 0 Å². The average molecular weight is 373 g/mol. The maximum atomic E-state index is 4.04. The second-order valence-electron chi connectivity index (χ2n) is 9.22. The van der Waals surface area contributed by atoms with E-state index < -0.39 is 0 Å². The van der Waals surface area contributed by atoms with Crippen molar-refractivity contribution in [1.29, 1.82) is 0 Å². The Balaban J connectivity index is 6.41. The average Bonchev–Trinajstić information content (AvgIpc) is 2.60. The van der Waals surface area contributed by atoms with Crippen LogP contribution in [0.2, 0.25) is 0 Å². The van der Waals surface area contributed by atoms with Crippen LogP contribution in [0.25, 0.3) is 0 Å². The molecule has 0 aliphatic carbocycles. The van der Waals surface area contributed by atoms with E-state index in [0.717, 1.165) is 18.8 Å². The van der Waals surface area contributed by atoms with E-state index >= 15 is 0 Å². The van der Waals surface area contributed by atoms with Crippen LogP contribution in [0.5, 0.6) is 0 Å². The molecule has 0 aromatic rings. The summed E-state index contributed by atoms with van der Waals surface area (Å²) < 4.78 is 0. The highest BCUT2D eigenvalue weighted by molar-refractivity contribution is 5.26. The minimum atomic E-state index is 0.563. The van der Waals surface area contributed by atoms with Crippen LogP contribution in [-0.2, 0) is 0 Å². The second-order valence-corrected chi connectivity index (χ2v) is 9.22. The number of rotatable bonds is 13. The van der Waals surface area contributed by atoms with Crippen LogP contribution >= 0.6 is 0 Å². The van der Waals surface area contributed by atoms with Crippen molar-refractivity contribution in [2.24, 2.45) is 35.5 Å². The van der Waals surface area contributed by atoms with E-state index in [0.29, 0.717) is 29.6 Å². The van der Waals surface area contributed by atoms with Crippen molar-refractivity contribution in [1.82, 2.24) is 0 Å². The third-order valence-electron chi connectivity index (χ3n) is 6.12. The Hall–Kier alpha value is -1.00. The molecule has 0 aromatic carbocycles. The monoisotopic (exact) mass is 372 g/mol. The maximum absolute atomic E-state index is 4.04. The van der Waals surface area contributed by atoms with E-state index in [4.69, 9.17) is 0 Å². The number of hydrogen-bond acceptors (Lipinski definition) is 0. The van der Waals surface area contributed by atoms with Crippen molar-refractivity contribution < 1.29 is 0 Å². The van der Waals surface area contributed by atoms with Crippen molar-refractivity contribution >= 4 is 0 Å². The van der Waals surface area contributed by atoms with Gasteiger partial charge in [0.2, 0.25) is 0 Å². The van der Waals surface area contributed by atoms with E-state index in [1.807, 2.05) is 0 Å². The summed E-state index contributed by atoms with van der Waals surface area (Å²) in [7, 11) is 0. The first kappa shape index (κ1) is 26.0. The zero-order valence-corrected chi connectivity index (χ0v) is 19.9. The second kappa shape index (κ2) is 14.1. The lowest BCUT2D eigenvalue weighted by Crippen LogP contribution is -2.33. The molecule has 4 unspecified atom stereocenters. The van der Waals surface area contributed by atoms with Crippen LogP contribution in [0.4, 0.5) is 0 Å². The first-order valence-electron chi connectivity index (χ1n) is 11.4. The molecule has 0 rings (SSSR count). The molecule has 0 aliphatic heterocycles. The van der Waals surface area contributed by atoms with Crippen molar-refractivity contribution in [2.45, 2.75) is 94.4 Å². The summed E-state index contributed by atoms with van der Waals surface area (Å²) >= 11 is 0. The smallest absolute Gasteiger partial charge is 0.00277 e. The Bertz CT molecular complexity index is 490. The zero-order valence-electron chi connectivity index (χ0n) is 19.9. The van der Waals surface area contributed by atoms with Crippen molar-refractivity contribution in [3.05, 3.63) is 41.7 Å². The largest absolute Gasteiger partial charge is 0.121 e.